The van der Waals surface area contributed by atoms with E-state index in [1.807, 2.05) is 6.08 Å². The van der Waals surface area contributed by atoms with Gasteiger partial charge in [0.05, 0.1) is 40.9 Å². The van der Waals surface area contributed by atoms with Gasteiger partial charge in [0.1, 0.15) is 5.75 Å². The number of hydrogen-bond acceptors (Lipinski definition) is 4. The number of methoxy groups -OCH3 is 1. The lowest BCUT2D eigenvalue weighted by molar-refractivity contribution is -0.144. The first-order valence-electron chi connectivity index (χ1n) is 18.6. The van der Waals surface area contributed by atoms with Crippen molar-refractivity contribution in [2.75, 3.05) is 20.2 Å². The lowest BCUT2D eigenvalue weighted by Crippen LogP contribution is -2.57. The van der Waals surface area contributed by atoms with Gasteiger partial charge >= 0.3 is 24.7 Å². The molecule has 0 radical (unpaired) electrons. The molecule has 0 saturated carbocycles. The number of alkyl halides is 12. The van der Waals surface area contributed by atoms with Crippen molar-refractivity contribution < 1.29 is 62.2 Å². The zero-order valence-electron chi connectivity index (χ0n) is 31.8. The first kappa shape index (κ1) is 43.9. The summed E-state index contributed by atoms with van der Waals surface area (Å²) in [6.45, 7) is 5.20. The fourth-order valence-corrected chi connectivity index (χ4v) is 10.9. The van der Waals surface area contributed by atoms with Gasteiger partial charge in [0.25, 0.3) is 5.91 Å². The van der Waals surface area contributed by atoms with E-state index < -0.39 is 88.3 Å². The van der Waals surface area contributed by atoms with Crippen LogP contribution in [0, 0.1) is 11.8 Å². The maximum absolute atomic E-state index is 14.9. The summed E-state index contributed by atoms with van der Waals surface area (Å²) in [6, 6.07) is 11.0. The first-order chi connectivity index (χ1) is 28.6. The molecule has 0 aliphatic carbocycles. The highest BCUT2D eigenvalue weighted by atomic mass is 31.1. The van der Waals surface area contributed by atoms with E-state index >= 15 is 0 Å². The number of carbonyl (C=O) groups is 1. The van der Waals surface area contributed by atoms with Gasteiger partial charge in [0.15, 0.2) is 0 Å². The second kappa shape index (κ2) is 16.3. The lowest BCUT2D eigenvalue weighted by Gasteiger charge is -2.51. The number of hydrogen-bond donors (Lipinski definition) is 1. The van der Waals surface area contributed by atoms with E-state index in [0.717, 1.165) is 12.5 Å². The van der Waals surface area contributed by atoms with Crippen molar-refractivity contribution >= 4 is 40.6 Å². The predicted molar refractivity (Wildman–Crippen MR) is 205 cm³/mol. The second-order valence-electron chi connectivity index (χ2n) is 14.9. The Kier molecular flexibility index (Phi) is 11.7. The largest absolute Gasteiger partial charge is 0.497 e. The molecule has 61 heavy (non-hydrogen) atoms. The lowest BCUT2D eigenvalue weighted by atomic mass is 9.73. The SMILES string of the molecule is C=C[C@H]1CN2CC[C@H]1C[C@H]2[C@@H](NC(=O)c1ccccc1P(c1cc(C(F)(F)F)cc(C(F)(F)F)c1)c1cc(C(F)(F)F)cc(C(F)(F)F)c1)c1ccnc2ccc(OC)cc12. The molecule has 1 N–H and O–H groups in total. The third-order valence-electron chi connectivity index (χ3n) is 11.2. The zero-order valence-corrected chi connectivity index (χ0v) is 32.7. The summed E-state index contributed by atoms with van der Waals surface area (Å²) in [4.78, 5) is 21.5. The molecule has 2 bridgehead atoms. The van der Waals surface area contributed by atoms with E-state index in [4.69, 9.17) is 4.74 Å². The van der Waals surface area contributed by atoms with Crippen LogP contribution in [-0.2, 0) is 24.7 Å². The highest BCUT2D eigenvalue weighted by molar-refractivity contribution is 7.80. The molecule has 3 aliphatic rings. The summed E-state index contributed by atoms with van der Waals surface area (Å²) >= 11 is 0. The van der Waals surface area contributed by atoms with Crippen LogP contribution >= 0.6 is 7.92 Å². The first-order valence-corrected chi connectivity index (χ1v) is 20.0. The molecule has 5 atom stereocenters. The molecule has 322 valence electrons. The number of carbonyl (C=O) groups excluding carboxylic acids is 1. The van der Waals surface area contributed by atoms with Crippen LogP contribution in [0.5, 0.6) is 5.75 Å². The van der Waals surface area contributed by atoms with Crippen molar-refractivity contribution in [2.45, 2.75) is 49.6 Å². The van der Waals surface area contributed by atoms with Gasteiger partial charge < -0.3 is 10.1 Å². The second-order valence-corrected chi connectivity index (χ2v) is 17.0. The Morgan fingerprint density at radius 2 is 1.36 bits per heavy atom. The summed E-state index contributed by atoms with van der Waals surface area (Å²) in [5.74, 6) is -0.168. The number of rotatable bonds is 9. The summed E-state index contributed by atoms with van der Waals surface area (Å²) in [7, 11) is -1.75. The Hall–Kier alpha value is -5.15. The van der Waals surface area contributed by atoms with Crippen molar-refractivity contribution in [1.82, 2.24) is 15.2 Å². The van der Waals surface area contributed by atoms with Gasteiger partial charge in [-0.3, -0.25) is 14.7 Å². The zero-order chi connectivity index (χ0) is 44.2. The number of pyridine rings is 1. The Morgan fingerprint density at radius 1 is 0.803 bits per heavy atom. The Bertz CT molecular complexity index is 2330. The van der Waals surface area contributed by atoms with Crippen LogP contribution in [0.25, 0.3) is 10.9 Å². The normalized spacial score (nSPS) is 20.2. The number of ether oxygens (including phenoxy) is 1. The van der Waals surface area contributed by atoms with E-state index in [-0.39, 0.29) is 54.3 Å². The van der Waals surface area contributed by atoms with Gasteiger partial charge in [-0.05, 0) is 127 Å². The van der Waals surface area contributed by atoms with Gasteiger partial charge in [-0.1, -0.05) is 24.3 Å². The van der Waals surface area contributed by atoms with Crippen LogP contribution in [0.15, 0.2) is 104 Å². The maximum Gasteiger partial charge on any atom is 0.416 e. The maximum atomic E-state index is 14.9. The third kappa shape index (κ3) is 9.09. The smallest absolute Gasteiger partial charge is 0.416 e. The van der Waals surface area contributed by atoms with Crippen molar-refractivity contribution in [3.05, 3.63) is 137 Å². The number of amides is 1. The van der Waals surface area contributed by atoms with Gasteiger partial charge in [0.2, 0.25) is 0 Å². The quantitative estimate of drug-likeness (QED) is 0.0911. The minimum atomic E-state index is -5.43. The standard InChI is InChI=1S/C43H34F12N3O2P/c1-3-23-22-58-13-11-24(23)14-36(58)38(32-10-12-56-35-9-8-29(60-2)21-34(32)35)57-39(59)33-6-4-5-7-37(33)61(30-17-25(40(44,45)46)15-26(18-30)41(47,48)49)31-19-27(42(50,51)52)16-28(20-31)43(53,54)55/h3-10,12,15-21,23-24,36,38H,1,11,13-14,22H2,2H3,(H,57,59)/t23-,24-,36-,38-/m0/s1. The molecule has 1 unspecified atom stereocenters. The number of aromatic nitrogens is 1. The van der Waals surface area contributed by atoms with E-state index in [1.165, 1.54) is 31.5 Å². The molecular weight excluding hydrogens is 849 g/mol. The van der Waals surface area contributed by atoms with E-state index in [2.05, 4.69) is 21.8 Å². The number of fused-ring (bicyclic) bond motifs is 4. The van der Waals surface area contributed by atoms with Crippen LogP contribution in [0.4, 0.5) is 52.7 Å². The molecule has 3 aliphatic heterocycles. The third-order valence-corrected chi connectivity index (χ3v) is 13.6. The molecule has 3 fully saturated rings. The van der Waals surface area contributed by atoms with Crippen molar-refractivity contribution in [2.24, 2.45) is 11.8 Å². The molecule has 5 nitrogen and oxygen atoms in total. The fourth-order valence-electron chi connectivity index (χ4n) is 8.29. The van der Waals surface area contributed by atoms with Gasteiger partial charge in [-0.25, -0.2) is 0 Å². The molecule has 1 aromatic heterocycles. The molecule has 4 heterocycles. The molecule has 0 spiro atoms. The van der Waals surface area contributed by atoms with Crippen molar-refractivity contribution in [3.8, 4) is 5.75 Å². The van der Waals surface area contributed by atoms with Crippen LogP contribution in [-0.4, -0.2) is 42.0 Å². The number of piperidine rings is 3. The Balaban J connectivity index is 1.44. The molecule has 1 amide bonds. The minimum Gasteiger partial charge on any atom is -0.497 e. The highest BCUT2D eigenvalue weighted by Gasteiger charge is 2.45. The Labute approximate surface area is 342 Å². The highest BCUT2D eigenvalue weighted by Crippen LogP contribution is 2.45. The van der Waals surface area contributed by atoms with E-state index in [0.29, 0.717) is 41.7 Å². The molecule has 5 aromatic rings. The molecule has 8 rings (SSSR count). The van der Waals surface area contributed by atoms with Gasteiger partial charge in [-0.2, -0.15) is 52.7 Å². The summed E-state index contributed by atoms with van der Waals surface area (Å²) < 4.78 is 177. The summed E-state index contributed by atoms with van der Waals surface area (Å²) in [5, 5.41) is 1.40. The minimum absolute atomic E-state index is 0.142. The van der Waals surface area contributed by atoms with Crippen molar-refractivity contribution in [1.29, 1.82) is 0 Å². The molecular formula is C43H34F12N3O2P. The molecule has 18 heteroatoms. The number of nitrogens with one attached hydrogen (secondary N) is 1. The predicted octanol–water partition coefficient (Wildman–Crippen LogP) is 10.4. The number of benzene rings is 4. The van der Waals surface area contributed by atoms with Crippen LogP contribution in [0.3, 0.4) is 0 Å². The summed E-state index contributed by atoms with van der Waals surface area (Å²) in [6.07, 6.45) is -16.9. The van der Waals surface area contributed by atoms with Gasteiger partial charge in [0, 0.05) is 29.7 Å². The monoisotopic (exact) mass is 883 g/mol. The topological polar surface area (TPSA) is 54.5 Å². The number of halogens is 12. The Morgan fingerprint density at radius 3 is 1.85 bits per heavy atom. The van der Waals surface area contributed by atoms with Crippen LogP contribution < -0.4 is 26.0 Å². The summed E-state index contributed by atoms with van der Waals surface area (Å²) in [5.41, 5.74) is -6.71. The van der Waals surface area contributed by atoms with Crippen LogP contribution in [0.2, 0.25) is 0 Å². The fraction of sp³-hybridized carbons (Fsp3) is 0.302. The van der Waals surface area contributed by atoms with E-state index in [1.54, 1.807) is 24.3 Å². The number of nitrogens with zero attached hydrogens (tertiary/aromatic N) is 2. The average molecular weight is 884 g/mol. The van der Waals surface area contributed by atoms with E-state index in [9.17, 15) is 57.5 Å². The van der Waals surface area contributed by atoms with Gasteiger partial charge in [-0.15, -0.1) is 6.58 Å². The molecule has 4 aromatic carbocycles. The average Bonchev–Trinajstić information content (AvgIpc) is 3.21. The van der Waals surface area contributed by atoms with Crippen LogP contribution in [0.1, 0.15) is 57.1 Å². The van der Waals surface area contributed by atoms with Crippen molar-refractivity contribution in [3.63, 3.8) is 0 Å². The molecule has 3 saturated heterocycles.